The van der Waals surface area contributed by atoms with Crippen molar-refractivity contribution < 1.29 is 19.7 Å². The molecular weight excluding hydrogens is 500 g/mol. The molecule has 4 aromatic carbocycles. The van der Waals surface area contributed by atoms with Crippen molar-refractivity contribution in [1.82, 2.24) is 0 Å². The predicted molar refractivity (Wildman–Crippen MR) is 159 cm³/mol. The van der Waals surface area contributed by atoms with E-state index in [0.717, 1.165) is 68.8 Å². The van der Waals surface area contributed by atoms with Gasteiger partial charge in [0.25, 0.3) is 0 Å². The lowest BCUT2D eigenvalue weighted by atomic mass is 9.91. The summed E-state index contributed by atoms with van der Waals surface area (Å²) in [4.78, 5) is 0. The van der Waals surface area contributed by atoms with Crippen molar-refractivity contribution in [3.05, 3.63) is 117 Å². The van der Waals surface area contributed by atoms with Crippen LogP contribution in [0.5, 0.6) is 23.0 Å². The Balaban J connectivity index is 1.66. The molecule has 6 N–H and O–H groups in total. The minimum absolute atomic E-state index is 0.286. The minimum Gasteiger partial charge on any atom is -0.507 e. The van der Waals surface area contributed by atoms with E-state index >= 15 is 0 Å². The van der Waals surface area contributed by atoms with E-state index in [1.54, 1.807) is 0 Å². The van der Waals surface area contributed by atoms with Crippen molar-refractivity contribution in [3.8, 4) is 23.0 Å². The lowest BCUT2D eigenvalue weighted by Crippen LogP contribution is -2.10. The van der Waals surface area contributed by atoms with Gasteiger partial charge in [0.05, 0.1) is 13.2 Å². The van der Waals surface area contributed by atoms with E-state index in [1.807, 2.05) is 72.8 Å². The molecule has 0 radical (unpaired) electrons. The second kappa shape index (κ2) is 12.9. The third-order valence-electron chi connectivity index (χ3n) is 7.48. The molecule has 0 aromatic heterocycles. The smallest absolute Gasteiger partial charge is 0.126 e. The fourth-order valence-corrected chi connectivity index (χ4v) is 5.40. The minimum atomic E-state index is 0.286. The second-order valence-corrected chi connectivity index (χ2v) is 10.3. The van der Waals surface area contributed by atoms with Crippen LogP contribution in [0.4, 0.5) is 0 Å². The Morgan fingerprint density at radius 2 is 0.750 bits per heavy atom. The van der Waals surface area contributed by atoms with Crippen LogP contribution in [0, 0.1) is 0 Å². The number of hydrogen-bond donors (Lipinski definition) is 4. The summed E-state index contributed by atoms with van der Waals surface area (Å²) in [5, 5.41) is 22.8. The molecule has 8 bridgehead atoms. The van der Waals surface area contributed by atoms with Crippen LogP contribution in [0.25, 0.3) is 0 Å². The zero-order valence-corrected chi connectivity index (χ0v) is 22.9. The Kier molecular flexibility index (Phi) is 8.89. The van der Waals surface area contributed by atoms with Gasteiger partial charge in [-0.15, -0.1) is 0 Å². The summed E-state index contributed by atoms with van der Waals surface area (Å²) in [6.07, 6.45) is 3.52. The molecule has 0 saturated carbocycles. The van der Waals surface area contributed by atoms with Crippen molar-refractivity contribution in [2.75, 3.05) is 26.3 Å². The number of fused-ring (bicyclic) bond motifs is 8. The summed E-state index contributed by atoms with van der Waals surface area (Å²) in [5.74, 6) is 2.15. The van der Waals surface area contributed by atoms with Crippen LogP contribution in [0.2, 0.25) is 0 Å². The van der Waals surface area contributed by atoms with Gasteiger partial charge in [0.1, 0.15) is 23.0 Å². The van der Waals surface area contributed by atoms with E-state index in [-0.39, 0.29) is 11.5 Å². The van der Waals surface area contributed by atoms with Gasteiger partial charge in [-0.05, 0) is 70.4 Å². The molecule has 0 heterocycles. The van der Waals surface area contributed by atoms with E-state index in [2.05, 4.69) is 0 Å². The van der Waals surface area contributed by atoms with Gasteiger partial charge in [0, 0.05) is 25.7 Å². The van der Waals surface area contributed by atoms with Gasteiger partial charge in [0.2, 0.25) is 0 Å². The number of hydrogen-bond acceptors (Lipinski definition) is 6. The number of aromatic hydroxyl groups is 2. The van der Waals surface area contributed by atoms with Crippen LogP contribution < -0.4 is 20.9 Å². The zero-order valence-electron chi connectivity index (χ0n) is 22.9. The first-order valence-corrected chi connectivity index (χ1v) is 14.1. The molecule has 0 atom stereocenters. The fourth-order valence-electron chi connectivity index (χ4n) is 5.40. The molecule has 4 aromatic rings. The van der Waals surface area contributed by atoms with Crippen LogP contribution in [0.3, 0.4) is 0 Å². The molecule has 0 amide bonds. The maximum Gasteiger partial charge on any atom is 0.126 e. The molecule has 0 spiro atoms. The number of benzene rings is 4. The summed E-state index contributed by atoms with van der Waals surface area (Å²) in [6, 6.07) is 24.0. The Labute approximate surface area is 236 Å². The van der Waals surface area contributed by atoms with Crippen LogP contribution in [-0.4, -0.2) is 36.5 Å². The maximum absolute atomic E-state index is 11.4. The largest absolute Gasteiger partial charge is 0.507 e. The number of phenolic OH excluding ortho intramolecular Hbond substituents is 2. The first kappa shape index (κ1) is 27.6. The van der Waals surface area contributed by atoms with E-state index in [0.29, 0.717) is 52.0 Å². The topological polar surface area (TPSA) is 111 Å². The Bertz CT molecular complexity index is 1270. The maximum atomic E-state index is 11.4. The average molecular weight is 539 g/mol. The molecule has 6 heteroatoms. The van der Waals surface area contributed by atoms with Crippen molar-refractivity contribution in [2.24, 2.45) is 11.5 Å². The number of phenols is 2. The molecule has 1 aliphatic rings. The highest BCUT2D eigenvalue weighted by Gasteiger charge is 2.20. The van der Waals surface area contributed by atoms with Crippen molar-refractivity contribution >= 4 is 0 Å². The van der Waals surface area contributed by atoms with Gasteiger partial charge >= 0.3 is 0 Å². The molecule has 5 rings (SSSR count). The van der Waals surface area contributed by atoms with Gasteiger partial charge in [0.15, 0.2) is 0 Å². The highest BCUT2D eigenvalue weighted by molar-refractivity contribution is 5.55. The summed E-state index contributed by atoms with van der Waals surface area (Å²) in [6.45, 7) is 2.09. The normalized spacial score (nSPS) is 12.7. The monoisotopic (exact) mass is 538 g/mol. The zero-order chi connectivity index (χ0) is 27.9. The SMILES string of the molecule is NCCCOc1c2cccc1Cc1cccc(c1O)Cc1cccc(c1OCCCN)Cc1cccc(c1O)C2. The number of nitrogens with two attached hydrogens (primary N) is 2. The van der Waals surface area contributed by atoms with Gasteiger partial charge in [-0.3, -0.25) is 0 Å². The van der Waals surface area contributed by atoms with Crippen molar-refractivity contribution in [2.45, 2.75) is 38.5 Å². The Morgan fingerprint density at radius 3 is 1.02 bits per heavy atom. The quantitative estimate of drug-likeness (QED) is 0.201. The van der Waals surface area contributed by atoms with Crippen LogP contribution >= 0.6 is 0 Å². The second-order valence-electron chi connectivity index (χ2n) is 10.3. The summed E-state index contributed by atoms with van der Waals surface area (Å²) >= 11 is 0. The van der Waals surface area contributed by atoms with Crippen LogP contribution in [0.1, 0.15) is 57.3 Å². The first-order valence-electron chi connectivity index (χ1n) is 14.1. The van der Waals surface area contributed by atoms with E-state index in [1.165, 1.54) is 0 Å². The molecule has 0 saturated heterocycles. The molecule has 0 aliphatic heterocycles. The molecular formula is C34H38N2O4. The average Bonchev–Trinajstić information content (AvgIpc) is 2.95. The highest BCUT2D eigenvalue weighted by Crippen LogP contribution is 2.38. The summed E-state index contributed by atoms with van der Waals surface area (Å²) in [7, 11) is 0. The van der Waals surface area contributed by atoms with Crippen LogP contribution in [0.15, 0.2) is 72.8 Å². The van der Waals surface area contributed by atoms with E-state index in [4.69, 9.17) is 20.9 Å². The number of rotatable bonds is 8. The standard InChI is InChI=1S/C34H38N2O4/c35-15-5-17-39-33-27-11-3-13-29(33)21-25-9-2-10-26(32(25)38)22-30-14-4-12-28(34(30)40-18-6-16-36)20-24-8-1-7-23(19-27)31(24)37/h1-4,7-14,37-38H,5-6,15-22,35-36H2. The van der Waals surface area contributed by atoms with E-state index < -0.39 is 0 Å². The molecule has 208 valence electrons. The van der Waals surface area contributed by atoms with Gasteiger partial charge in [-0.25, -0.2) is 0 Å². The number of ether oxygens (including phenoxy) is 2. The summed E-state index contributed by atoms with van der Waals surface area (Å²) < 4.78 is 12.6. The Morgan fingerprint density at radius 1 is 0.475 bits per heavy atom. The van der Waals surface area contributed by atoms with Crippen molar-refractivity contribution in [3.63, 3.8) is 0 Å². The molecule has 6 nitrogen and oxygen atoms in total. The first-order chi connectivity index (χ1) is 19.6. The molecule has 1 aliphatic carbocycles. The van der Waals surface area contributed by atoms with Crippen molar-refractivity contribution in [1.29, 1.82) is 0 Å². The lowest BCUT2D eigenvalue weighted by molar-refractivity contribution is 0.307. The van der Waals surface area contributed by atoms with E-state index in [9.17, 15) is 10.2 Å². The van der Waals surface area contributed by atoms with Gasteiger partial charge < -0.3 is 31.2 Å². The fraction of sp³-hybridized carbons (Fsp3) is 0.294. The molecule has 40 heavy (non-hydrogen) atoms. The number of para-hydroxylation sites is 4. The van der Waals surface area contributed by atoms with Gasteiger partial charge in [-0.2, -0.15) is 0 Å². The Hall–Kier alpha value is -4.00. The summed E-state index contributed by atoms with van der Waals surface area (Å²) in [5.41, 5.74) is 18.8. The lowest BCUT2D eigenvalue weighted by Gasteiger charge is -2.20. The molecule has 0 fully saturated rings. The predicted octanol–water partition coefficient (Wildman–Crippen LogP) is 5.23. The third kappa shape index (κ3) is 6.09. The third-order valence-corrected chi connectivity index (χ3v) is 7.48. The van der Waals surface area contributed by atoms with Crippen LogP contribution in [-0.2, 0) is 25.7 Å². The molecule has 0 unspecified atom stereocenters. The highest BCUT2D eigenvalue weighted by atomic mass is 16.5. The van der Waals surface area contributed by atoms with Gasteiger partial charge in [-0.1, -0.05) is 72.8 Å².